The summed E-state index contributed by atoms with van der Waals surface area (Å²) in [4.78, 5) is 0. The van der Waals surface area contributed by atoms with E-state index >= 15 is 0 Å². The minimum Gasteiger partial charge on any atom is -0.491 e. The van der Waals surface area contributed by atoms with Crippen LogP contribution in [0, 0.1) is 0 Å². The molecule has 0 amide bonds. The summed E-state index contributed by atoms with van der Waals surface area (Å²) in [6, 6.07) is 15.4. The Hall–Kier alpha value is -1.52. The monoisotopic (exact) mass is 321 g/mol. The van der Waals surface area contributed by atoms with Gasteiger partial charge in [0.25, 0.3) is 0 Å². The number of benzene rings is 2. The summed E-state index contributed by atoms with van der Waals surface area (Å²) in [7, 11) is 0. The molecule has 0 aliphatic carbocycles. The maximum absolute atomic E-state index is 5.61. The van der Waals surface area contributed by atoms with Crippen molar-refractivity contribution in [2.45, 2.75) is 6.61 Å². The first-order chi connectivity index (χ1) is 9.24. The van der Waals surface area contributed by atoms with Gasteiger partial charge in [0.15, 0.2) is 0 Å². The van der Waals surface area contributed by atoms with Crippen molar-refractivity contribution in [2.75, 3.05) is 18.9 Å². The van der Waals surface area contributed by atoms with E-state index in [9.17, 15) is 0 Å². The highest BCUT2D eigenvalue weighted by Gasteiger charge is 1.95. The van der Waals surface area contributed by atoms with Gasteiger partial charge >= 0.3 is 0 Å². The molecule has 3 nitrogen and oxygen atoms in total. The van der Waals surface area contributed by atoms with Crippen LogP contribution in [0.25, 0.3) is 0 Å². The Morgan fingerprint density at radius 1 is 0.895 bits per heavy atom. The third-order valence-electron chi connectivity index (χ3n) is 2.56. The first kappa shape index (κ1) is 13.9. The van der Waals surface area contributed by atoms with Crippen LogP contribution in [0.2, 0.25) is 0 Å². The predicted octanol–water partition coefficient (Wildman–Crippen LogP) is 3.63. The summed E-state index contributed by atoms with van der Waals surface area (Å²) in [6.07, 6.45) is 0. The molecule has 2 rings (SSSR count). The van der Waals surface area contributed by atoms with E-state index in [1.54, 1.807) is 0 Å². The van der Waals surface area contributed by atoms with Crippen LogP contribution in [0.3, 0.4) is 0 Å². The van der Waals surface area contributed by atoms with Crippen LogP contribution in [-0.4, -0.2) is 13.2 Å². The molecule has 2 aromatic rings. The SMILES string of the molecule is Nc1ccc(COCCOc2ccc(Br)cc2)cc1. The van der Waals surface area contributed by atoms with Crippen molar-refractivity contribution in [3.63, 3.8) is 0 Å². The van der Waals surface area contributed by atoms with Gasteiger partial charge in [-0.1, -0.05) is 28.1 Å². The van der Waals surface area contributed by atoms with E-state index in [2.05, 4.69) is 15.9 Å². The molecule has 0 spiro atoms. The Bertz CT molecular complexity index is 449. The molecule has 0 radical (unpaired) electrons. The largest absolute Gasteiger partial charge is 0.491 e. The van der Waals surface area contributed by atoms with Crippen molar-refractivity contribution in [3.05, 3.63) is 58.6 Å². The van der Waals surface area contributed by atoms with Crippen LogP contribution in [0.5, 0.6) is 5.75 Å². The van der Waals surface area contributed by atoms with Gasteiger partial charge in [-0.2, -0.15) is 0 Å². The van der Waals surface area contributed by atoms with Gasteiger partial charge < -0.3 is 15.2 Å². The molecule has 100 valence electrons. The Morgan fingerprint density at radius 2 is 1.58 bits per heavy atom. The molecule has 0 aliphatic heterocycles. The van der Waals surface area contributed by atoms with Crippen molar-refractivity contribution in [1.82, 2.24) is 0 Å². The van der Waals surface area contributed by atoms with E-state index in [0.717, 1.165) is 21.5 Å². The highest BCUT2D eigenvalue weighted by Crippen LogP contribution is 2.15. The van der Waals surface area contributed by atoms with Crippen LogP contribution < -0.4 is 10.5 Å². The lowest BCUT2D eigenvalue weighted by atomic mass is 10.2. The second-order valence-corrected chi connectivity index (χ2v) is 5.01. The summed E-state index contributed by atoms with van der Waals surface area (Å²) in [5.41, 5.74) is 7.49. The van der Waals surface area contributed by atoms with Gasteiger partial charge in [-0.15, -0.1) is 0 Å². The van der Waals surface area contributed by atoms with Crippen LogP contribution in [-0.2, 0) is 11.3 Å². The van der Waals surface area contributed by atoms with Gasteiger partial charge in [0.2, 0.25) is 0 Å². The molecule has 19 heavy (non-hydrogen) atoms. The van der Waals surface area contributed by atoms with Crippen LogP contribution in [0.4, 0.5) is 5.69 Å². The molecule has 0 aliphatic rings. The zero-order valence-corrected chi connectivity index (χ0v) is 12.1. The number of nitrogens with two attached hydrogens (primary N) is 1. The number of hydrogen-bond donors (Lipinski definition) is 1. The van der Waals surface area contributed by atoms with Crippen LogP contribution in [0.15, 0.2) is 53.0 Å². The average molecular weight is 322 g/mol. The lowest BCUT2D eigenvalue weighted by molar-refractivity contribution is 0.0889. The Morgan fingerprint density at radius 3 is 2.26 bits per heavy atom. The standard InChI is InChI=1S/C15H16BrNO2/c16-13-3-7-15(8-4-13)19-10-9-18-11-12-1-5-14(17)6-2-12/h1-8H,9-11,17H2. The lowest BCUT2D eigenvalue weighted by Gasteiger charge is -2.07. The minimum absolute atomic E-state index is 0.538. The fourth-order valence-electron chi connectivity index (χ4n) is 1.55. The normalized spacial score (nSPS) is 10.4. The molecule has 0 bridgehead atoms. The summed E-state index contributed by atoms with van der Waals surface area (Å²) >= 11 is 3.38. The molecule has 4 heteroatoms. The topological polar surface area (TPSA) is 44.5 Å². The Balaban J connectivity index is 1.64. The summed E-state index contributed by atoms with van der Waals surface area (Å²) in [5.74, 6) is 0.847. The van der Waals surface area contributed by atoms with E-state index in [0.29, 0.717) is 19.8 Å². The van der Waals surface area contributed by atoms with E-state index in [4.69, 9.17) is 15.2 Å². The molecule has 2 N–H and O–H groups in total. The molecule has 0 saturated heterocycles. The van der Waals surface area contributed by atoms with Gasteiger partial charge in [0.1, 0.15) is 12.4 Å². The predicted molar refractivity (Wildman–Crippen MR) is 80.1 cm³/mol. The number of nitrogen functional groups attached to an aromatic ring is 1. The third kappa shape index (κ3) is 4.93. The highest BCUT2D eigenvalue weighted by molar-refractivity contribution is 9.10. The minimum atomic E-state index is 0.538. The zero-order chi connectivity index (χ0) is 13.5. The number of ether oxygens (including phenoxy) is 2. The molecule has 2 aromatic carbocycles. The molecular formula is C15H16BrNO2. The summed E-state index contributed by atoms with van der Waals surface area (Å²) in [5, 5.41) is 0. The molecule has 0 unspecified atom stereocenters. The number of rotatable bonds is 6. The van der Waals surface area contributed by atoms with Crippen molar-refractivity contribution in [3.8, 4) is 5.75 Å². The van der Waals surface area contributed by atoms with Gasteiger partial charge in [0, 0.05) is 10.2 Å². The van der Waals surface area contributed by atoms with Gasteiger partial charge in [-0.05, 0) is 42.0 Å². The molecule has 0 fully saturated rings. The average Bonchev–Trinajstić information content (AvgIpc) is 2.43. The van der Waals surface area contributed by atoms with Crippen molar-refractivity contribution >= 4 is 21.6 Å². The van der Waals surface area contributed by atoms with Crippen molar-refractivity contribution in [1.29, 1.82) is 0 Å². The molecule has 0 atom stereocenters. The second-order valence-electron chi connectivity index (χ2n) is 4.10. The third-order valence-corrected chi connectivity index (χ3v) is 3.09. The maximum atomic E-state index is 5.61. The molecule has 0 heterocycles. The first-order valence-electron chi connectivity index (χ1n) is 6.04. The van der Waals surface area contributed by atoms with E-state index in [1.165, 1.54) is 0 Å². The molecular weight excluding hydrogens is 306 g/mol. The molecule has 0 aromatic heterocycles. The Labute approximate surface area is 121 Å². The summed E-state index contributed by atoms with van der Waals surface area (Å²) < 4.78 is 12.1. The fourth-order valence-corrected chi connectivity index (χ4v) is 1.82. The summed E-state index contributed by atoms with van der Waals surface area (Å²) in [6.45, 7) is 1.67. The smallest absolute Gasteiger partial charge is 0.119 e. The fraction of sp³-hybridized carbons (Fsp3) is 0.200. The lowest BCUT2D eigenvalue weighted by Crippen LogP contribution is -2.06. The zero-order valence-electron chi connectivity index (χ0n) is 10.5. The van der Waals surface area contributed by atoms with Crippen molar-refractivity contribution < 1.29 is 9.47 Å². The number of halogens is 1. The van der Waals surface area contributed by atoms with Crippen LogP contribution in [0.1, 0.15) is 5.56 Å². The second kappa shape index (κ2) is 7.16. The highest BCUT2D eigenvalue weighted by atomic mass is 79.9. The van der Waals surface area contributed by atoms with E-state index in [-0.39, 0.29) is 0 Å². The van der Waals surface area contributed by atoms with Crippen molar-refractivity contribution in [2.24, 2.45) is 0 Å². The first-order valence-corrected chi connectivity index (χ1v) is 6.84. The maximum Gasteiger partial charge on any atom is 0.119 e. The van der Waals surface area contributed by atoms with E-state index < -0.39 is 0 Å². The number of anilines is 1. The Kier molecular flexibility index (Phi) is 5.24. The van der Waals surface area contributed by atoms with Gasteiger partial charge in [-0.25, -0.2) is 0 Å². The number of hydrogen-bond acceptors (Lipinski definition) is 3. The van der Waals surface area contributed by atoms with Gasteiger partial charge in [-0.3, -0.25) is 0 Å². The quantitative estimate of drug-likeness (QED) is 0.652. The molecule has 0 saturated carbocycles. The van der Waals surface area contributed by atoms with Crippen LogP contribution >= 0.6 is 15.9 Å². The van der Waals surface area contributed by atoms with Gasteiger partial charge in [0.05, 0.1) is 13.2 Å². The van der Waals surface area contributed by atoms with E-state index in [1.807, 2.05) is 48.5 Å².